The summed E-state index contributed by atoms with van der Waals surface area (Å²) in [6.07, 6.45) is -3.00. The van der Waals surface area contributed by atoms with E-state index >= 15 is 0 Å². The number of benzene rings is 1. The zero-order valence-corrected chi connectivity index (χ0v) is 12.2. The normalized spacial score (nSPS) is 17.4. The van der Waals surface area contributed by atoms with Gasteiger partial charge in [-0.1, -0.05) is 6.08 Å². The molecule has 1 aromatic carbocycles. The predicted molar refractivity (Wildman–Crippen MR) is 77.5 cm³/mol. The zero-order valence-electron chi connectivity index (χ0n) is 11.4. The molecular formula is C14H13F3N2O2S. The lowest BCUT2D eigenvalue weighted by Crippen LogP contribution is -2.35. The van der Waals surface area contributed by atoms with Gasteiger partial charge in [-0.3, -0.25) is 9.59 Å². The van der Waals surface area contributed by atoms with Gasteiger partial charge < -0.3 is 10.6 Å². The van der Waals surface area contributed by atoms with Gasteiger partial charge in [-0.2, -0.15) is 13.2 Å². The van der Waals surface area contributed by atoms with Gasteiger partial charge in [0.2, 0.25) is 11.8 Å². The molecular weight excluding hydrogens is 317 g/mol. The maximum absolute atomic E-state index is 12.6. The van der Waals surface area contributed by atoms with Gasteiger partial charge in [0.15, 0.2) is 0 Å². The Kier molecular flexibility index (Phi) is 4.80. The fraction of sp³-hybridized carbons (Fsp3) is 0.286. The van der Waals surface area contributed by atoms with Gasteiger partial charge in [-0.25, -0.2) is 0 Å². The Balaban J connectivity index is 2.12. The van der Waals surface area contributed by atoms with Crippen LogP contribution in [0.4, 0.5) is 18.9 Å². The van der Waals surface area contributed by atoms with Gasteiger partial charge in [-0.15, -0.1) is 18.3 Å². The summed E-state index contributed by atoms with van der Waals surface area (Å²) in [5, 5.41) is 4.31. The number of halogens is 3. The molecule has 1 heterocycles. The number of alkyl halides is 3. The predicted octanol–water partition coefficient (Wildman–Crippen LogP) is 2.81. The number of thioether (sulfide) groups is 1. The second-order valence-corrected chi connectivity index (χ2v) is 5.85. The van der Waals surface area contributed by atoms with Crippen LogP contribution in [0, 0.1) is 0 Å². The number of fused-ring (bicyclic) bond motifs is 1. The highest BCUT2D eigenvalue weighted by Crippen LogP contribution is 2.40. The molecule has 0 radical (unpaired) electrons. The summed E-state index contributed by atoms with van der Waals surface area (Å²) in [6, 6.07) is 3.16. The minimum atomic E-state index is -4.47. The molecule has 1 aromatic rings. The molecule has 22 heavy (non-hydrogen) atoms. The molecule has 0 aliphatic carbocycles. The Morgan fingerprint density at radius 3 is 2.82 bits per heavy atom. The average Bonchev–Trinajstić information content (AvgIpc) is 2.44. The molecule has 1 atom stereocenters. The van der Waals surface area contributed by atoms with Crippen molar-refractivity contribution in [3.05, 3.63) is 36.4 Å². The first-order valence-electron chi connectivity index (χ1n) is 6.37. The number of carbonyl (C=O) groups is 2. The molecule has 1 aliphatic heterocycles. The van der Waals surface area contributed by atoms with Crippen molar-refractivity contribution in [1.29, 1.82) is 0 Å². The van der Waals surface area contributed by atoms with E-state index in [1.165, 1.54) is 12.1 Å². The van der Waals surface area contributed by atoms with Crippen molar-refractivity contribution in [1.82, 2.24) is 5.32 Å². The lowest BCUT2D eigenvalue weighted by atomic mass is 10.1. The van der Waals surface area contributed by atoms with Crippen molar-refractivity contribution < 1.29 is 22.8 Å². The quantitative estimate of drug-likeness (QED) is 0.835. The van der Waals surface area contributed by atoms with E-state index in [0.717, 1.165) is 23.9 Å². The molecule has 2 N–H and O–H groups in total. The molecule has 2 rings (SSSR count). The van der Waals surface area contributed by atoms with Crippen LogP contribution in [0.5, 0.6) is 0 Å². The average molecular weight is 330 g/mol. The zero-order chi connectivity index (χ0) is 16.3. The lowest BCUT2D eigenvalue weighted by molar-refractivity contribution is -0.137. The number of carbonyl (C=O) groups excluding carboxylic acids is 2. The Hall–Kier alpha value is -1.96. The molecule has 2 amide bonds. The molecule has 0 saturated heterocycles. The Morgan fingerprint density at radius 2 is 2.18 bits per heavy atom. The summed E-state index contributed by atoms with van der Waals surface area (Å²) in [7, 11) is 0. The third-order valence-electron chi connectivity index (χ3n) is 2.94. The van der Waals surface area contributed by atoms with Crippen LogP contribution >= 0.6 is 11.8 Å². The largest absolute Gasteiger partial charge is 0.416 e. The summed E-state index contributed by atoms with van der Waals surface area (Å²) in [5.74, 6) is -0.798. The van der Waals surface area contributed by atoms with Gasteiger partial charge in [0.05, 0.1) is 16.5 Å². The fourth-order valence-corrected chi connectivity index (χ4v) is 2.98. The highest BCUT2D eigenvalue weighted by molar-refractivity contribution is 8.01. The highest BCUT2D eigenvalue weighted by atomic mass is 32.2. The maximum Gasteiger partial charge on any atom is 0.416 e. The van der Waals surface area contributed by atoms with Gasteiger partial charge in [0, 0.05) is 17.9 Å². The van der Waals surface area contributed by atoms with Crippen molar-refractivity contribution >= 4 is 29.3 Å². The van der Waals surface area contributed by atoms with Crippen LogP contribution in [0.3, 0.4) is 0 Å². The SMILES string of the molecule is C=CCNC(=O)C[C@H]1Sc2ccc(C(F)(F)F)cc2NC1=O. The number of anilines is 1. The first kappa shape index (κ1) is 16.4. The van der Waals surface area contributed by atoms with E-state index in [4.69, 9.17) is 0 Å². The number of amides is 2. The van der Waals surface area contributed by atoms with Gasteiger partial charge in [0.1, 0.15) is 0 Å². The topological polar surface area (TPSA) is 58.2 Å². The Labute approximate surface area is 129 Å². The molecule has 0 fully saturated rings. The van der Waals surface area contributed by atoms with Crippen LogP contribution in [0.25, 0.3) is 0 Å². The molecule has 8 heteroatoms. The monoisotopic (exact) mass is 330 g/mol. The van der Waals surface area contributed by atoms with Crippen molar-refractivity contribution in [2.45, 2.75) is 22.7 Å². The summed E-state index contributed by atoms with van der Waals surface area (Å²) >= 11 is 1.08. The molecule has 0 unspecified atom stereocenters. The van der Waals surface area contributed by atoms with Crippen LogP contribution in [-0.2, 0) is 15.8 Å². The highest BCUT2D eigenvalue weighted by Gasteiger charge is 2.34. The third-order valence-corrected chi connectivity index (χ3v) is 4.22. The minimum Gasteiger partial charge on any atom is -0.353 e. The second kappa shape index (κ2) is 6.43. The molecule has 4 nitrogen and oxygen atoms in total. The number of hydrogen-bond acceptors (Lipinski definition) is 3. The van der Waals surface area contributed by atoms with Gasteiger partial charge in [0.25, 0.3) is 0 Å². The van der Waals surface area contributed by atoms with Crippen molar-refractivity contribution in [2.24, 2.45) is 0 Å². The van der Waals surface area contributed by atoms with Crippen LogP contribution < -0.4 is 10.6 Å². The van der Waals surface area contributed by atoms with E-state index < -0.39 is 22.9 Å². The van der Waals surface area contributed by atoms with Gasteiger partial charge >= 0.3 is 6.18 Å². The van der Waals surface area contributed by atoms with Crippen molar-refractivity contribution in [3.8, 4) is 0 Å². The summed E-state index contributed by atoms with van der Waals surface area (Å²) in [4.78, 5) is 24.0. The van der Waals surface area contributed by atoms with Crippen LogP contribution in [-0.4, -0.2) is 23.6 Å². The molecule has 0 saturated carbocycles. The summed E-state index contributed by atoms with van der Waals surface area (Å²) < 4.78 is 37.9. The van der Waals surface area contributed by atoms with E-state index in [-0.39, 0.29) is 18.0 Å². The minimum absolute atomic E-state index is 0.0508. The van der Waals surface area contributed by atoms with E-state index in [1.54, 1.807) is 0 Å². The van der Waals surface area contributed by atoms with E-state index in [0.29, 0.717) is 11.4 Å². The van der Waals surface area contributed by atoms with Crippen LogP contribution in [0.2, 0.25) is 0 Å². The Bertz CT molecular complexity index is 617. The van der Waals surface area contributed by atoms with Crippen molar-refractivity contribution in [3.63, 3.8) is 0 Å². The third kappa shape index (κ3) is 3.82. The molecule has 0 spiro atoms. The molecule has 118 valence electrons. The van der Waals surface area contributed by atoms with Crippen LogP contribution in [0.15, 0.2) is 35.7 Å². The van der Waals surface area contributed by atoms with Crippen molar-refractivity contribution in [2.75, 3.05) is 11.9 Å². The molecule has 0 aromatic heterocycles. The first-order valence-corrected chi connectivity index (χ1v) is 7.25. The summed E-state index contributed by atoms with van der Waals surface area (Å²) in [6.45, 7) is 3.76. The maximum atomic E-state index is 12.6. The van der Waals surface area contributed by atoms with E-state index in [1.807, 2.05) is 0 Å². The standard InChI is InChI=1S/C14H13F3N2O2S/c1-2-5-18-12(20)7-11-13(21)19-9-6-8(14(15,16)17)3-4-10(9)22-11/h2-4,6,11H,1,5,7H2,(H,18,20)(H,19,21)/t11-/m1/s1. The number of nitrogens with one attached hydrogen (secondary N) is 2. The van der Waals surface area contributed by atoms with Gasteiger partial charge in [-0.05, 0) is 18.2 Å². The lowest BCUT2D eigenvalue weighted by Gasteiger charge is -2.24. The molecule has 1 aliphatic rings. The van der Waals surface area contributed by atoms with E-state index in [2.05, 4.69) is 17.2 Å². The fourth-order valence-electron chi connectivity index (χ4n) is 1.89. The second-order valence-electron chi connectivity index (χ2n) is 4.60. The Morgan fingerprint density at radius 1 is 1.45 bits per heavy atom. The number of rotatable bonds is 4. The first-order chi connectivity index (χ1) is 10.3. The van der Waals surface area contributed by atoms with E-state index in [9.17, 15) is 22.8 Å². The summed E-state index contributed by atoms with van der Waals surface area (Å²) in [5.41, 5.74) is -0.707. The van der Waals surface area contributed by atoms with Crippen LogP contribution in [0.1, 0.15) is 12.0 Å². The molecule has 0 bridgehead atoms. The smallest absolute Gasteiger partial charge is 0.353 e. The number of hydrogen-bond donors (Lipinski definition) is 2.